The Morgan fingerprint density at radius 3 is 2.65 bits per heavy atom. The number of aliphatic imine (C=N–C) groups is 1. The summed E-state index contributed by atoms with van der Waals surface area (Å²) in [5.74, 6) is 1.69. The number of aryl methyl sites for hydroxylation is 1. The summed E-state index contributed by atoms with van der Waals surface area (Å²) in [7, 11) is 1.92. The molecule has 1 spiro atoms. The van der Waals surface area contributed by atoms with E-state index in [0.29, 0.717) is 29.5 Å². The number of ether oxygens (including phenoxy) is 1. The average Bonchev–Trinajstić information content (AvgIpc) is 3.41. The third-order valence-electron chi connectivity index (χ3n) is 8.22. The lowest BCUT2D eigenvalue weighted by Crippen LogP contribution is -2.69. The molecule has 0 amide bonds. The highest BCUT2D eigenvalue weighted by Gasteiger charge is 2.65. The SMILES string of the molecule is CN=C(NC1CCN(Cc2cccc(C)c2)CC1)NC1C2CCOC2C12CCCC2.I. The maximum absolute atomic E-state index is 6.15. The molecule has 1 aromatic rings. The molecule has 2 saturated carbocycles. The van der Waals surface area contributed by atoms with Crippen molar-refractivity contribution in [1.82, 2.24) is 15.5 Å². The van der Waals surface area contributed by atoms with Crippen LogP contribution in [0.4, 0.5) is 0 Å². The molecule has 2 heterocycles. The quantitative estimate of drug-likeness (QED) is 0.345. The van der Waals surface area contributed by atoms with Gasteiger partial charge in [-0.05, 0) is 44.6 Å². The van der Waals surface area contributed by atoms with Gasteiger partial charge in [-0.25, -0.2) is 0 Å². The van der Waals surface area contributed by atoms with Gasteiger partial charge in [-0.15, -0.1) is 24.0 Å². The number of halogens is 1. The Kier molecular flexibility index (Phi) is 7.48. The highest BCUT2D eigenvalue weighted by molar-refractivity contribution is 14.0. The predicted octanol–water partition coefficient (Wildman–Crippen LogP) is 4.09. The van der Waals surface area contributed by atoms with E-state index in [9.17, 15) is 0 Å². The van der Waals surface area contributed by atoms with Gasteiger partial charge in [0.05, 0.1) is 6.10 Å². The second kappa shape index (κ2) is 9.96. The number of fused-ring (bicyclic) bond motifs is 2. The fourth-order valence-corrected chi connectivity index (χ4v) is 6.72. The highest BCUT2D eigenvalue weighted by Crippen LogP contribution is 2.60. The van der Waals surface area contributed by atoms with Gasteiger partial charge in [-0.1, -0.05) is 42.7 Å². The fourth-order valence-electron chi connectivity index (χ4n) is 6.72. The van der Waals surface area contributed by atoms with Gasteiger partial charge in [0.1, 0.15) is 0 Å². The molecule has 31 heavy (non-hydrogen) atoms. The minimum atomic E-state index is 0. The highest BCUT2D eigenvalue weighted by atomic mass is 127. The molecule has 172 valence electrons. The molecular formula is C25H39IN4O. The summed E-state index contributed by atoms with van der Waals surface area (Å²) < 4.78 is 6.15. The Hall–Kier alpha value is -0.860. The van der Waals surface area contributed by atoms with Gasteiger partial charge in [0.25, 0.3) is 0 Å². The number of hydrogen-bond acceptors (Lipinski definition) is 3. The molecule has 5 rings (SSSR count). The smallest absolute Gasteiger partial charge is 0.191 e. The summed E-state index contributed by atoms with van der Waals surface area (Å²) >= 11 is 0. The molecule has 6 heteroatoms. The van der Waals surface area contributed by atoms with Gasteiger partial charge in [0, 0.05) is 56.7 Å². The number of likely N-dealkylation sites (tertiary alicyclic amines) is 1. The molecule has 3 atom stereocenters. The van der Waals surface area contributed by atoms with Crippen molar-refractivity contribution in [2.24, 2.45) is 16.3 Å². The van der Waals surface area contributed by atoms with E-state index in [4.69, 9.17) is 4.74 Å². The third-order valence-corrected chi connectivity index (χ3v) is 8.22. The first-order chi connectivity index (χ1) is 14.7. The standard InChI is InChI=1S/C25H38N4O.HI/c1-18-6-5-7-19(16-18)17-29-13-8-20(9-14-29)27-24(26-2)28-22-21-10-15-30-23(21)25(22)11-3-4-12-25;/h5-7,16,20-23H,3-4,8-15,17H2,1-2H3,(H2,26,27,28);1H. The number of piperidine rings is 1. The van der Waals surface area contributed by atoms with Crippen LogP contribution >= 0.6 is 24.0 Å². The number of benzene rings is 1. The van der Waals surface area contributed by atoms with Crippen LogP contribution in [0.3, 0.4) is 0 Å². The lowest BCUT2D eigenvalue weighted by atomic mass is 9.54. The minimum Gasteiger partial charge on any atom is -0.377 e. The summed E-state index contributed by atoms with van der Waals surface area (Å²) in [4.78, 5) is 7.20. The number of nitrogens with zero attached hydrogens (tertiary/aromatic N) is 2. The molecule has 0 bridgehead atoms. The summed E-state index contributed by atoms with van der Waals surface area (Å²) in [6, 6.07) is 9.97. The van der Waals surface area contributed by atoms with E-state index in [1.165, 1.54) is 56.1 Å². The Labute approximate surface area is 204 Å². The van der Waals surface area contributed by atoms with Gasteiger partial charge >= 0.3 is 0 Å². The third kappa shape index (κ3) is 4.62. The molecule has 4 aliphatic rings. The van der Waals surface area contributed by atoms with Crippen molar-refractivity contribution in [2.75, 3.05) is 26.7 Å². The normalized spacial score (nSPS) is 30.5. The van der Waals surface area contributed by atoms with Crippen molar-refractivity contribution in [3.05, 3.63) is 35.4 Å². The zero-order valence-electron chi connectivity index (χ0n) is 19.1. The number of guanidine groups is 1. The summed E-state index contributed by atoms with van der Waals surface area (Å²) in [6.45, 7) is 6.48. The van der Waals surface area contributed by atoms with Gasteiger partial charge in [-0.2, -0.15) is 0 Å². The van der Waals surface area contributed by atoms with Crippen LogP contribution in [0.25, 0.3) is 0 Å². The van der Waals surface area contributed by atoms with Crippen LogP contribution < -0.4 is 10.6 Å². The molecule has 4 fully saturated rings. The Bertz CT molecular complexity index is 771. The second-order valence-electron chi connectivity index (χ2n) is 10.1. The molecular weight excluding hydrogens is 499 g/mol. The zero-order valence-corrected chi connectivity index (χ0v) is 21.4. The van der Waals surface area contributed by atoms with E-state index < -0.39 is 0 Å². The van der Waals surface area contributed by atoms with Crippen LogP contribution in [0.5, 0.6) is 0 Å². The minimum absolute atomic E-state index is 0. The molecule has 2 aliphatic carbocycles. The van der Waals surface area contributed by atoms with Crippen molar-refractivity contribution in [3.8, 4) is 0 Å². The van der Waals surface area contributed by atoms with Crippen molar-refractivity contribution in [3.63, 3.8) is 0 Å². The van der Waals surface area contributed by atoms with E-state index in [-0.39, 0.29) is 24.0 Å². The maximum Gasteiger partial charge on any atom is 0.191 e. The van der Waals surface area contributed by atoms with Gasteiger partial charge < -0.3 is 15.4 Å². The summed E-state index contributed by atoms with van der Waals surface area (Å²) in [6.07, 6.45) is 9.42. The first-order valence-electron chi connectivity index (χ1n) is 12.1. The van der Waals surface area contributed by atoms with Gasteiger partial charge in [0.2, 0.25) is 0 Å². The Morgan fingerprint density at radius 2 is 1.94 bits per heavy atom. The average molecular weight is 539 g/mol. The summed E-state index contributed by atoms with van der Waals surface area (Å²) in [5.41, 5.74) is 3.15. The molecule has 2 aliphatic heterocycles. The van der Waals surface area contributed by atoms with Gasteiger partial charge in [-0.3, -0.25) is 9.89 Å². The molecule has 3 unspecified atom stereocenters. The topological polar surface area (TPSA) is 48.9 Å². The van der Waals surface area contributed by atoms with Crippen LogP contribution in [0, 0.1) is 18.3 Å². The van der Waals surface area contributed by atoms with Crippen LogP contribution in [-0.2, 0) is 11.3 Å². The van der Waals surface area contributed by atoms with E-state index >= 15 is 0 Å². The van der Waals surface area contributed by atoms with E-state index in [2.05, 4.69) is 51.7 Å². The molecule has 5 nitrogen and oxygen atoms in total. The lowest BCUT2D eigenvalue weighted by molar-refractivity contribution is -0.125. The Balaban J connectivity index is 0.00000231. The summed E-state index contributed by atoms with van der Waals surface area (Å²) in [5, 5.41) is 7.61. The van der Waals surface area contributed by atoms with E-state index in [1.807, 2.05) is 7.05 Å². The molecule has 0 aromatic heterocycles. The maximum atomic E-state index is 6.15. The zero-order chi connectivity index (χ0) is 20.6. The van der Waals surface area contributed by atoms with Crippen molar-refractivity contribution in [2.45, 2.75) is 76.6 Å². The largest absolute Gasteiger partial charge is 0.377 e. The molecule has 2 N–H and O–H groups in total. The second-order valence-corrected chi connectivity index (χ2v) is 10.1. The lowest BCUT2D eigenvalue weighted by Gasteiger charge is -2.57. The first kappa shape index (κ1) is 23.3. The number of nitrogens with one attached hydrogen (secondary N) is 2. The first-order valence-corrected chi connectivity index (χ1v) is 12.1. The predicted molar refractivity (Wildman–Crippen MR) is 137 cm³/mol. The number of hydrogen-bond donors (Lipinski definition) is 2. The Morgan fingerprint density at radius 1 is 1.16 bits per heavy atom. The van der Waals surface area contributed by atoms with Crippen LogP contribution in [-0.4, -0.2) is 55.8 Å². The van der Waals surface area contributed by atoms with Gasteiger partial charge in [0.15, 0.2) is 5.96 Å². The van der Waals surface area contributed by atoms with Crippen molar-refractivity contribution < 1.29 is 4.74 Å². The molecule has 2 saturated heterocycles. The fraction of sp³-hybridized carbons (Fsp3) is 0.720. The van der Waals surface area contributed by atoms with E-state index in [0.717, 1.165) is 32.2 Å². The van der Waals surface area contributed by atoms with Crippen molar-refractivity contribution in [1.29, 1.82) is 0 Å². The molecule has 1 aromatic carbocycles. The van der Waals surface area contributed by atoms with Crippen molar-refractivity contribution >= 4 is 29.9 Å². The van der Waals surface area contributed by atoms with E-state index in [1.54, 1.807) is 0 Å². The number of rotatable bonds is 4. The van der Waals surface area contributed by atoms with Crippen LogP contribution in [0.1, 0.15) is 56.1 Å². The molecule has 0 radical (unpaired) electrons. The van der Waals surface area contributed by atoms with Crippen LogP contribution in [0.15, 0.2) is 29.3 Å². The monoisotopic (exact) mass is 538 g/mol. The van der Waals surface area contributed by atoms with Crippen LogP contribution in [0.2, 0.25) is 0 Å².